The lowest BCUT2D eigenvalue weighted by molar-refractivity contribution is -0.173. The Morgan fingerprint density at radius 2 is 1.24 bits per heavy atom. The van der Waals surface area contributed by atoms with Crippen molar-refractivity contribution in [3.05, 3.63) is 0 Å². The molecule has 38 heavy (non-hydrogen) atoms. The molecule has 6 N–H and O–H groups in total. The highest BCUT2D eigenvalue weighted by Crippen LogP contribution is 2.18. The molecule has 10 heteroatoms. The number of hydrogen-bond donors (Lipinski definition) is 5. The molecule has 2 atom stereocenters. The van der Waals surface area contributed by atoms with Gasteiger partial charge in [0.25, 0.3) is 0 Å². The third-order valence-corrected chi connectivity index (χ3v) is 6.56. The van der Waals surface area contributed by atoms with Gasteiger partial charge in [-0.1, -0.05) is 96.8 Å². The number of carbonyl (C=O) groups is 4. The molecule has 2 unspecified atom stereocenters. The van der Waals surface area contributed by atoms with Gasteiger partial charge in [-0.3, -0.25) is 20.1 Å². The van der Waals surface area contributed by atoms with Gasteiger partial charge in [0, 0.05) is 13.0 Å². The van der Waals surface area contributed by atoms with Crippen LogP contribution in [0.3, 0.4) is 0 Å². The van der Waals surface area contributed by atoms with Gasteiger partial charge in [0.15, 0.2) is 11.8 Å². The molecule has 0 aliphatic rings. The summed E-state index contributed by atoms with van der Waals surface area (Å²) in [4.78, 5) is 45.6. The lowest BCUT2D eigenvalue weighted by atomic mass is 9.96. The zero-order chi connectivity index (χ0) is 28.7. The maximum Gasteiger partial charge on any atom is 0.336 e. The van der Waals surface area contributed by atoms with Gasteiger partial charge in [-0.05, 0) is 19.3 Å². The van der Waals surface area contributed by atoms with Crippen LogP contribution in [-0.2, 0) is 23.9 Å². The predicted octanol–water partition coefficient (Wildman–Crippen LogP) is 4.65. The van der Waals surface area contributed by atoms with E-state index in [-0.39, 0.29) is 12.3 Å². The van der Waals surface area contributed by atoms with Gasteiger partial charge in [0.2, 0.25) is 5.91 Å². The van der Waals surface area contributed by atoms with Gasteiger partial charge in [-0.25, -0.2) is 4.79 Å². The molecule has 0 fully saturated rings. The molecule has 222 valence electrons. The van der Waals surface area contributed by atoms with Crippen LogP contribution in [0.2, 0.25) is 0 Å². The predicted molar refractivity (Wildman–Crippen MR) is 145 cm³/mol. The molecule has 0 spiro atoms. The number of carbonyl (C=O) groups excluding carboxylic acids is 2. The molecule has 0 aromatic carbocycles. The Morgan fingerprint density at radius 3 is 1.68 bits per heavy atom. The van der Waals surface area contributed by atoms with Gasteiger partial charge in [0.05, 0.1) is 12.8 Å². The fraction of sp³-hybridized carbons (Fsp3) is 0.857. The number of ether oxygens (including phenoxy) is 1. The molecule has 0 saturated heterocycles. The van der Waals surface area contributed by atoms with E-state index in [1.807, 2.05) is 0 Å². The second kappa shape index (κ2) is 22.8. The zero-order valence-electron chi connectivity index (χ0n) is 23.4. The van der Waals surface area contributed by atoms with Crippen molar-refractivity contribution in [2.24, 2.45) is 5.73 Å². The number of esters is 1. The van der Waals surface area contributed by atoms with Gasteiger partial charge in [0.1, 0.15) is 0 Å². The summed E-state index contributed by atoms with van der Waals surface area (Å²) in [6, 6.07) is 0. The van der Waals surface area contributed by atoms with E-state index < -0.39 is 42.6 Å². The lowest BCUT2D eigenvalue weighted by Crippen LogP contribution is -2.44. The molecule has 10 nitrogen and oxygen atoms in total. The summed E-state index contributed by atoms with van der Waals surface area (Å²) >= 11 is 0. The SMILES string of the molecule is CCCCCCCCCCCCCCCCCC(=O)NCCCC(N)OC(=O)CC(O)(CC(=O)O)C(=O)O. The minimum absolute atomic E-state index is 0.0366. The standard InChI is InChI=1S/C28H52N2O8/c1-2-3-4-5-6-7-8-9-10-11-12-13-14-15-16-19-24(31)30-20-17-18-23(29)38-26(34)22-28(37,27(35)36)21-25(32)33/h23,37H,2-22,29H2,1H3,(H,30,31)(H,32,33)(H,35,36). The van der Waals surface area contributed by atoms with Gasteiger partial charge >= 0.3 is 17.9 Å². The number of nitrogens with two attached hydrogens (primary N) is 1. The number of aliphatic carboxylic acids is 2. The summed E-state index contributed by atoms with van der Waals surface area (Å²) < 4.78 is 4.86. The number of hydrogen-bond acceptors (Lipinski definition) is 7. The molecule has 0 heterocycles. The smallest absolute Gasteiger partial charge is 0.336 e. The van der Waals surface area contributed by atoms with Crippen LogP contribution in [0.5, 0.6) is 0 Å². The van der Waals surface area contributed by atoms with Crippen LogP contribution >= 0.6 is 0 Å². The molecule has 0 aliphatic heterocycles. The Labute approximate surface area is 228 Å². The van der Waals surface area contributed by atoms with Crippen molar-refractivity contribution >= 4 is 23.8 Å². The Kier molecular flexibility index (Phi) is 21.4. The van der Waals surface area contributed by atoms with Crippen LogP contribution in [0.1, 0.15) is 135 Å². The van der Waals surface area contributed by atoms with E-state index in [2.05, 4.69) is 12.2 Å². The molecule has 0 radical (unpaired) electrons. The highest BCUT2D eigenvalue weighted by molar-refractivity contribution is 5.88. The number of carboxylic acid groups (broad SMARTS) is 2. The minimum Gasteiger partial charge on any atom is -0.481 e. The minimum atomic E-state index is -2.76. The average Bonchev–Trinajstić information content (AvgIpc) is 2.83. The summed E-state index contributed by atoms with van der Waals surface area (Å²) in [6.07, 6.45) is 17.0. The highest BCUT2D eigenvalue weighted by Gasteiger charge is 2.41. The summed E-state index contributed by atoms with van der Waals surface area (Å²) in [5, 5.41) is 30.3. The van der Waals surface area contributed by atoms with E-state index in [0.29, 0.717) is 19.4 Å². The first-order valence-corrected chi connectivity index (χ1v) is 14.5. The van der Waals surface area contributed by atoms with Crippen molar-refractivity contribution in [2.75, 3.05) is 6.54 Å². The van der Waals surface area contributed by atoms with Crippen molar-refractivity contribution in [1.29, 1.82) is 0 Å². The molecule has 0 aliphatic carbocycles. The summed E-state index contributed by atoms with van der Waals surface area (Å²) in [7, 11) is 0. The molecule has 0 aromatic heterocycles. The second-order valence-corrected chi connectivity index (χ2v) is 10.3. The number of nitrogens with one attached hydrogen (secondary N) is 1. The van der Waals surface area contributed by atoms with Gasteiger partial charge < -0.3 is 25.4 Å². The van der Waals surface area contributed by atoms with Crippen molar-refractivity contribution < 1.29 is 39.2 Å². The second-order valence-electron chi connectivity index (χ2n) is 10.3. The molecular formula is C28H52N2O8. The lowest BCUT2D eigenvalue weighted by Gasteiger charge is -2.21. The number of amides is 1. The zero-order valence-corrected chi connectivity index (χ0v) is 23.4. The van der Waals surface area contributed by atoms with Gasteiger partial charge in [-0.15, -0.1) is 0 Å². The fourth-order valence-corrected chi connectivity index (χ4v) is 4.25. The first-order chi connectivity index (χ1) is 18.1. The van der Waals surface area contributed by atoms with Crippen molar-refractivity contribution in [2.45, 2.75) is 147 Å². The highest BCUT2D eigenvalue weighted by atomic mass is 16.6. The number of carboxylic acids is 2. The van der Waals surface area contributed by atoms with Crippen molar-refractivity contribution in [3.8, 4) is 0 Å². The fourth-order valence-electron chi connectivity index (χ4n) is 4.25. The van der Waals surface area contributed by atoms with Gasteiger partial charge in [-0.2, -0.15) is 0 Å². The van der Waals surface area contributed by atoms with E-state index in [1.54, 1.807) is 0 Å². The first kappa shape index (κ1) is 35.8. The van der Waals surface area contributed by atoms with Crippen molar-refractivity contribution in [1.82, 2.24) is 5.32 Å². The van der Waals surface area contributed by atoms with Crippen LogP contribution in [0, 0.1) is 0 Å². The Bertz CT molecular complexity index is 673. The van der Waals surface area contributed by atoms with Crippen LogP contribution < -0.4 is 11.1 Å². The number of unbranched alkanes of at least 4 members (excludes halogenated alkanes) is 14. The van der Waals surface area contributed by atoms with Crippen LogP contribution in [0.15, 0.2) is 0 Å². The number of rotatable bonds is 26. The summed E-state index contributed by atoms with van der Waals surface area (Å²) in [6.45, 7) is 2.61. The normalized spacial score (nSPS) is 13.4. The van der Waals surface area contributed by atoms with E-state index >= 15 is 0 Å². The first-order valence-electron chi connectivity index (χ1n) is 14.5. The Hall–Kier alpha value is -2.20. The van der Waals surface area contributed by atoms with Crippen LogP contribution in [-0.4, -0.2) is 57.5 Å². The molecule has 1 amide bonds. The molecule has 0 aromatic rings. The number of aliphatic hydroxyl groups is 1. The Morgan fingerprint density at radius 1 is 0.763 bits per heavy atom. The Balaban J connectivity index is 3.65. The van der Waals surface area contributed by atoms with E-state index in [9.17, 15) is 24.3 Å². The molecule has 0 saturated carbocycles. The van der Waals surface area contributed by atoms with Crippen molar-refractivity contribution in [3.63, 3.8) is 0 Å². The van der Waals surface area contributed by atoms with Crippen LogP contribution in [0.25, 0.3) is 0 Å². The summed E-state index contributed by atoms with van der Waals surface area (Å²) in [5.74, 6) is -4.54. The topological polar surface area (TPSA) is 176 Å². The third kappa shape index (κ3) is 20.8. The molecule has 0 bridgehead atoms. The molecular weight excluding hydrogens is 492 g/mol. The molecule has 0 rings (SSSR count). The average molecular weight is 545 g/mol. The largest absolute Gasteiger partial charge is 0.481 e. The monoisotopic (exact) mass is 544 g/mol. The maximum atomic E-state index is 11.9. The van der Waals surface area contributed by atoms with E-state index in [1.165, 1.54) is 77.0 Å². The quantitative estimate of drug-likeness (QED) is 0.0589. The van der Waals surface area contributed by atoms with E-state index in [0.717, 1.165) is 19.3 Å². The third-order valence-electron chi connectivity index (χ3n) is 6.56. The summed E-state index contributed by atoms with van der Waals surface area (Å²) in [5.41, 5.74) is 2.92. The van der Waals surface area contributed by atoms with Crippen LogP contribution in [0.4, 0.5) is 0 Å². The van der Waals surface area contributed by atoms with E-state index in [4.69, 9.17) is 20.7 Å². The maximum absolute atomic E-state index is 11.9.